The van der Waals surface area contributed by atoms with E-state index in [0.717, 1.165) is 0 Å². The number of hydrogen-bond acceptors (Lipinski definition) is 12. The fraction of sp³-hybridized carbons (Fsp3) is 0. The molecule has 0 aromatic heterocycles. The Bertz CT molecular complexity index is 162. The van der Waals surface area contributed by atoms with Crippen molar-refractivity contribution in [2.75, 3.05) is 0 Å². The molecule has 0 heterocycles. The Morgan fingerprint density at radius 3 is 0.389 bits per heavy atom. The van der Waals surface area contributed by atoms with Gasteiger partial charge < -0.3 is 60.0 Å². The van der Waals surface area contributed by atoms with E-state index >= 15 is 0 Å². The molecule has 0 spiro atoms. The van der Waals surface area contributed by atoms with Gasteiger partial charge in [-0.05, 0) is 24.6 Å². The normalized spacial score (nSPS) is 5.33. The van der Waals surface area contributed by atoms with E-state index in [1.807, 2.05) is 0 Å². The second-order valence-electron chi connectivity index (χ2n) is 1.00. The monoisotopic (exact) mass is 296 g/mol. The standard InChI is InChI=1S/4CH2O3.2Si/c4*2-1(3)4;;/h4*(H2,2,3,4);;/q;;;;2*+4/p-8. The van der Waals surface area contributed by atoms with Crippen molar-refractivity contribution in [3.8, 4) is 0 Å². The summed E-state index contributed by atoms with van der Waals surface area (Å²) in [5, 5.41) is 66.7. The van der Waals surface area contributed by atoms with Crippen molar-refractivity contribution < 1.29 is 60.0 Å². The van der Waals surface area contributed by atoms with Gasteiger partial charge in [0.1, 0.15) is 0 Å². The van der Waals surface area contributed by atoms with Crippen LogP contribution in [0.4, 0.5) is 19.2 Å². The minimum absolute atomic E-state index is 0. The molecule has 0 rings (SSSR count). The van der Waals surface area contributed by atoms with Gasteiger partial charge in [0, 0.05) is 0 Å². The van der Waals surface area contributed by atoms with Crippen LogP contribution in [-0.4, -0.2) is 46.6 Å². The van der Waals surface area contributed by atoms with Crippen LogP contribution in [0.5, 0.6) is 0 Å². The van der Waals surface area contributed by atoms with Crippen molar-refractivity contribution in [2.24, 2.45) is 0 Å². The molecule has 0 saturated heterocycles. The van der Waals surface area contributed by atoms with E-state index in [2.05, 4.69) is 0 Å². The first-order valence-corrected chi connectivity index (χ1v) is 2.45. The molecule has 0 fully saturated rings. The van der Waals surface area contributed by atoms with Crippen LogP contribution in [0.25, 0.3) is 0 Å². The van der Waals surface area contributed by atoms with Crippen LogP contribution in [0.1, 0.15) is 0 Å². The zero-order valence-electron chi connectivity index (χ0n) is 7.90. The molecule has 0 aliphatic heterocycles. The van der Waals surface area contributed by atoms with Crippen molar-refractivity contribution in [3.05, 3.63) is 0 Å². The maximum Gasteiger partial charge on any atom is 4.00 e. The van der Waals surface area contributed by atoms with E-state index in [1.165, 1.54) is 0 Å². The topological polar surface area (TPSA) is 253 Å². The molecule has 96 valence electrons. The summed E-state index contributed by atoms with van der Waals surface area (Å²) in [6, 6.07) is 0. The van der Waals surface area contributed by atoms with Crippen LogP contribution in [0.2, 0.25) is 0 Å². The van der Waals surface area contributed by atoms with Gasteiger partial charge >= 0.3 is 21.9 Å². The van der Waals surface area contributed by atoms with Crippen LogP contribution < -0.4 is 40.9 Å². The van der Waals surface area contributed by atoms with E-state index < -0.39 is 24.6 Å². The van der Waals surface area contributed by atoms with Gasteiger partial charge in [-0.1, -0.05) is 0 Å². The van der Waals surface area contributed by atoms with E-state index in [-0.39, 0.29) is 21.9 Å². The summed E-state index contributed by atoms with van der Waals surface area (Å²) in [7, 11) is 0. The first-order valence-electron chi connectivity index (χ1n) is 2.45. The smallest absolute Gasteiger partial charge is 0.652 e. The van der Waals surface area contributed by atoms with Gasteiger partial charge in [0.2, 0.25) is 0 Å². The van der Waals surface area contributed by atoms with Gasteiger partial charge in [0.05, 0.1) is 0 Å². The van der Waals surface area contributed by atoms with E-state index in [9.17, 15) is 0 Å². The molecule has 0 atom stereocenters. The molecule has 0 amide bonds. The number of hydrogen-bond donors (Lipinski definition) is 0. The van der Waals surface area contributed by atoms with E-state index in [4.69, 9.17) is 60.0 Å². The van der Waals surface area contributed by atoms with Crippen LogP contribution in [0, 0.1) is 0 Å². The SMILES string of the molecule is O=C([O-])[O-].O=C([O-])[O-].O=C([O-])[O-].O=C([O-])[O-].[Si+4].[Si+4]. The zero-order valence-corrected chi connectivity index (χ0v) is 9.90. The van der Waals surface area contributed by atoms with Crippen molar-refractivity contribution in [3.63, 3.8) is 0 Å². The largest absolute Gasteiger partial charge is 4.00 e. The minimum Gasteiger partial charge on any atom is -0.652 e. The minimum atomic E-state index is -2.33. The maximum absolute atomic E-state index is 8.33. The predicted octanol–water partition coefficient (Wildman–Crippen LogP) is -10.5. The first kappa shape index (κ1) is 36.1. The summed E-state index contributed by atoms with van der Waals surface area (Å²) in [5.74, 6) is 0. The molecule has 0 N–H and O–H groups in total. The van der Waals surface area contributed by atoms with Gasteiger partial charge in [-0.15, -0.1) is 0 Å². The summed E-state index contributed by atoms with van der Waals surface area (Å²) in [5.41, 5.74) is 0. The van der Waals surface area contributed by atoms with Crippen molar-refractivity contribution in [1.82, 2.24) is 0 Å². The predicted molar refractivity (Wildman–Crippen MR) is 33.1 cm³/mol. The average Bonchev–Trinajstić information content (AvgIpc) is 1.76. The summed E-state index contributed by atoms with van der Waals surface area (Å²) in [6.45, 7) is 0. The van der Waals surface area contributed by atoms with Crippen LogP contribution in [0.15, 0.2) is 0 Å². The molecule has 0 aliphatic rings. The number of carboxylic acid groups (broad SMARTS) is 8. The fourth-order valence-corrected chi connectivity index (χ4v) is 0. The average molecular weight is 296 g/mol. The third kappa shape index (κ3) is 342. The summed E-state index contributed by atoms with van der Waals surface area (Å²) in [6.07, 6.45) is -9.33. The van der Waals surface area contributed by atoms with Gasteiger partial charge in [0.15, 0.2) is 0 Å². The van der Waals surface area contributed by atoms with Crippen LogP contribution in [0.3, 0.4) is 0 Å². The first-order chi connectivity index (χ1) is 6.93. The summed E-state index contributed by atoms with van der Waals surface area (Å²) in [4.78, 5) is 33.3. The maximum atomic E-state index is 8.33. The van der Waals surface area contributed by atoms with Crippen molar-refractivity contribution in [1.29, 1.82) is 0 Å². The van der Waals surface area contributed by atoms with Gasteiger partial charge in [-0.3, -0.25) is 0 Å². The molecule has 18 heavy (non-hydrogen) atoms. The summed E-state index contributed by atoms with van der Waals surface area (Å²) < 4.78 is 0. The molecule has 0 aliphatic carbocycles. The Hall–Kier alpha value is -2.49. The Morgan fingerprint density at radius 2 is 0.389 bits per heavy atom. The molecule has 0 saturated carbocycles. The Balaban J connectivity index is -0.0000000257. The van der Waals surface area contributed by atoms with E-state index in [1.54, 1.807) is 0 Å². The molecule has 14 heteroatoms. The van der Waals surface area contributed by atoms with Crippen molar-refractivity contribution in [2.45, 2.75) is 0 Å². The quantitative estimate of drug-likeness (QED) is 0.377. The number of carbonyl (C=O) groups is 4. The number of rotatable bonds is 0. The van der Waals surface area contributed by atoms with Crippen molar-refractivity contribution >= 4 is 46.6 Å². The third-order valence-electron chi connectivity index (χ3n) is 0. The third-order valence-corrected chi connectivity index (χ3v) is 0. The molecule has 0 unspecified atom stereocenters. The van der Waals surface area contributed by atoms with Crippen LogP contribution in [-0.2, 0) is 0 Å². The molecule has 0 aromatic rings. The Labute approximate surface area is 107 Å². The molecule has 12 nitrogen and oxygen atoms in total. The summed E-state index contributed by atoms with van der Waals surface area (Å²) >= 11 is 0. The second kappa shape index (κ2) is 29.3. The van der Waals surface area contributed by atoms with Gasteiger partial charge in [0.25, 0.3) is 0 Å². The molecular formula is C4O12Si2. The Morgan fingerprint density at radius 1 is 0.389 bits per heavy atom. The van der Waals surface area contributed by atoms with E-state index in [0.29, 0.717) is 0 Å². The fourth-order valence-electron chi connectivity index (χ4n) is 0. The van der Waals surface area contributed by atoms with Crippen LogP contribution >= 0.6 is 0 Å². The van der Waals surface area contributed by atoms with Gasteiger partial charge in [-0.25, -0.2) is 0 Å². The molecular weight excluding hydrogens is 296 g/mol. The Kier molecular flexibility index (Phi) is 58.7. The number of carbonyl (C=O) groups excluding carboxylic acids is 4. The molecule has 0 bridgehead atoms. The molecule has 0 radical (unpaired) electrons. The zero-order chi connectivity index (χ0) is 14.3. The van der Waals surface area contributed by atoms with Gasteiger partial charge in [-0.2, -0.15) is 0 Å². The second-order valence-corrected chi connectivity index (χ2v) is 1.00. The molecule has 0 aromatic carbocycles.